The molecular weight excluding hydrogens is 422 g/mol. The summed E-state index contributed by atoms with van der Waals surface area (Å²) in [5.41, 5.74) is 0.618. The highest BCUT2D eigenvalue weighted by Crippen LogP contribution is 2.33. The van der Waals surface area contributed by atoms with Crippen LogP contribution in [0.3, 0.4) is 0 Å². The molecule has 3 heterocycles. The lowest BCUT2D eigenvalue weighted by atomic mass is 10.0. The van der Waals surface area contributed by atoms with Gasteiger partial charge in [0.05, 0.1) is 16.8 Å². The van der Waals surface area contributed by atoms with Crippen molar-refractivity contribution in [2.75, 3.05) is 6.54 Å². The van der Waals surface area contributed by atoms with Crippen LogP contribution in [-0.2, 0) is 31.9 Å². The SMILES string of the molecule is FC(F)(F)c1ccc(-c2ncc3c(n2)CCN(Cc2cnccc2C(F)(F)F)C3)cc1. The van der Waals surface area contributed by atoms with Gasteiger partial charge < -0.3 is 0 Å². The summed E-state index contributed by atoms with van der Waals surface area (Å²) in [6.07, 6.45) is -4.45. The number of fused-ring (bicyclic) bond motifs is 1. The molecule has 1 aromatic carbocycles. The van der Waals surface area contributed by atoms with E-state index in [9.17, 15) is 26.3 Å². The van der Waals surface area contributed by atoms with Crippen molar-refractivity contribution in [2.24, 2.45) is 0 Å². The minimum Gasteiger partial charge on any atom is -0.294 e. The van der Waals surface area contributed by atoms with Crippen molar-refractivity contribution in [1.29, 1.82) is 0 Å². The molecule has 2 aromatic heterocycles. The van der Waals surface area contributed by atoms with E-state index in [2.05, 4.69) is 15.0 Å². The minimum atomic E-state index is -4.45. The van der Waals surface area contributed by atoms with E-state index in [1.807, 2.05) is 4.90 Å². The lowest BCUT2D eigenvalue weighted by molar-refractivity contribution is -0.139. The summed E-state index contributed by atoms with van der Waals surface area (Å²) < 4.78 is 77.8. The van der Waals surface area contributed by atoms with Gasteiger partial charge in [0, 0.05) is 55.8 Å². The van der Waals surface area contributed by atoms with E-state index in [-0.39, 0.29) is 12.1 Å². The Bertz CT molecular complexity index is 1080. The summed E-state index contributed by atoms with van der Waals surface area (Å²) >= 11 is 0. The van der Waals surface area contributed by atoms with E-state index in [4.69, 9.17) is 0 Å². The molecule has 1 aliphatic heterocycles. The Labute approximate surface area is 173 Å². The van der Waals surface area contributed by atoms with Crippen LogP contribution in [0.25, 0.3) is 11.4 Å². The van der Waals surface area contributed by atoms with Gasteiger partial charge in [-0.3, -0.25) is 9.88 Å². The molecule has 31 heavy (non-hydrogen) atoms. The van der Waals surface area contributed by atoms with Gasteiger partial charge in [-0.15, -0.1) is 0 Å². The van der Waals surface area contributed by atoms with Crippen molar-refractivity contribution in [2.45, 2.75) is 31.9 Å². The van der Waals surface area contributed by atoms with E-state index in [1.54, 1.807) is 6.20 Å². The van der Waals surface area contributed by atoms with Crippen LogP contribution in [0.5, 0.6) is 0 Å². The molecule has 4 rings (SSSR count). The third-order valence-corrected chi connectivity index (χ3v) is 5.09. The van der Waals surface area contributed by atoms with Crippen LogP contribution in [0.4, 0.5) is 26.3 Å². The van der Waals surface area contributed by atoms with Crippen molar-refractivity contribution in [3.8, 4) is 11.4 Å². The van der Waals surface area contributed by atoms with Gasteiger partial charge in [0.1, 0.15) is 0 Å². The van der Waals surface area contributed by atoms with E-state index < -0.39 is 23.5 Å². The molecule has 0 saturated carbocycles. The first-order chi connectivity index (χ1) is 14.6. The molecule has 1 aliphatic rings. The maximum Gasteiger partial charge on any atom is 0.416 e. The molecular formula is C21H16F6N4. The van der Waals surface area contributed by atoms with E-state index in [1.165, 1.54) is 18.3 Å². The number of alkyl halides is 6. The average molecular weight is 438 g/mol. The van der Waals surface area contributed by atoms with Crippen LogP contribution in [0, 0.1) is 0 Å². The Morgan fingerprint density at radius 1 is 0.903 bits per heavy atom. The molecule has 0 amide bonds. The molecule has 0 unspecified atom stereocenters. The lowest BCUT2D eigenvalue weighted by Gasteiger charge is -2.28. The monoisotopic (exact) mass is 438 g/mol. The minimum absolute atomic E-state index is 0.0861. The number of hydrogen-bond acceptors (Lipinski definition) is 4. The van der Waals surface area contributed by atoms with Crippen molar-refractivity contribution >= 4 is 0 Å². The van der Waals surface area contributed by atoms with Gasteiger partial charge in [-0.25, -0.2) is 9.97 Å². The third kappa shape index (κ3) is 4.68. The summed E-state index contributed by atoms with van der Waals surface area (Å²) in [4.78, 5) is 14.4. The Morgan fingerprint density at radius 2 is 1.65 bits per heavy atom. The number of pyridine rings is 1. The topological polar surface area (TPSA) is 41.9 Å². The molecule has 0 N–H and O–H groups in total. The quantitative estimate of drug-likeness (QED) is 0.532. The molecule has 0 bridgehead atoms. The lowest BCUT2D eigenvalue weighted by Crippen LogP contribution is -2.31. The van der Waals surface area contributed by atoms with Gasteiger partial charge in [-0.05, 0) is 23.8 Å². The third-order valence-electron chi connectivity index (χ3n) is 5.09. The van der Waals surface area contributed by atoms with Gasteiger partial charge in [0.25, 0.3) is 0 Å². The molecule has 0 spiro atoms. The fourth-order valence-electron chi connectivity index (χ4n) is 3.53. The Morgan fingerprint density at radius 3 is 2.32 bits per heavy atom. The largest absolute Gasteiger partial charge is 0.416 e. The number of rotatable bonds is 3. The van der Waals surface area contributed by atoms with Crippen molar-refractivity contribution in [3.05, 3.63) is 76.9 Å². The Balaban J connectivity index is 1.51. The summed E-state index contributed by atoms with van der Waals surface area (Å²) in [6.45, 7) is 0.945. The van der Waals surface area contributed by atoms with Gasteiger partial charge in [-0.2, -0.15) is 26.3 Å². The van der Waals surface area contributed by atoms with Crippen LogP contribution in [0.2, 0.25) is 0 Å². The molecule has 4 nitrogen and oxygen atoms in total. The zero-order valence-corrected chi connectivity index (χ0v) is 16.0. The molecule has 0 saturated heterocycles. The zero-order valence-electron chi connectivity index (χ0n) is 16.0. The van der Waals surface area contributed by atoms with Gasteiger partial charge in [0.2, 0.25) is 0 Å². The van der Waals surface area contributed by atoms with Crippen LogP contribution >= 0.6 is 0 Å². The normalized spacial score (nSPS) is 15.0. The maximum absolute atomic E-state index is 13.2. The van der Waals surface area contributed by atoms with Crippen LogP contribution in [0.1, 0.15) is 27.9 Å². The first-order valence-electron chi connectivity index (χ1n) is 9.36. The summed E-state index contributed by atoms with van der Waals surface area (Å²) in [6, 6.07) is 5.56. The molecule has 0 atom stereocenters. The van der Waals surface area contributed by atoms with E-state index in [0.717, 1.165) is 35.7 Å². The predicted octanol–water partition coefficient (Wildman–Crippen LogP) is 5.13. The molecule has 0 radical (unpaired) electrons. The number of halogens is 6. The average Bonchev–Trinajstić information content (AvgIpc) is 2.72. The van der Waals surface area contributed by atoms with E-state index >= 15 is 0 Å². The number of hydrogen-bond donors (Lipinski definition) is 0. The fourth-order valence-corrected chi connectivity index (χ4v) is 3.53. The predicted molar refractivity (Wildman–Crippen MR) is 99.5 cm³/mol. The fraction of sp³-hybridized carbons (Fsp3) is 0.286. The van der Waals surface area contributed by atoms with Crippen LogP contribution in [0.15, 0.2) is 48.9 Å². The van der Waals surface area contributed by atoms with Gasteiger partial charge in [-0.1, -0.05) is 12.1 Å². The molecule has 162 valence electrons. The first-order valence-corrected chi connectivity index (χ1v) is 9.36. The number of nitrogens with zero attached hydrogens (tertiary/aromatic N) is 4. The van der Waals surface area contributed by atoms with E-state index in [0.29, 0.717) is 30.9 Å². The molecule has 3 aromatic rings. The van der Waals surface area contributed by atoms with Gasteiger partial charge in [0.15, 0.2) is 5.82 Å². The van der Waals surface area contributed by atoms with Crippen LogP contribution in [-0.4, -0.2) is 26.4 Å². The Kier molecular flexibility index (Phi) is 5.42. The number of benzene rings is 1. The van der Waals surface area contributed by atoms with Gasteiger partial charge >= 0.3 is 12.4 Å². The zero-order chi connectivity index (χ0) is 22.2. The summed E-state index contributed by atoms with van der Waals surface area (Å²) in [7, 11) is 0. The van der Waals surface area contributed by atoms with Crippen molar-refractivity contribution in [3.63, 3.8) is 0 Å². The molecule has 0 aliphatic carbocycles. The Hall–Kier alpha value is -3.01. The highest BCUT2D eigenvalue weighted by atomic mass is 19.4. The summed E-state index contributed by atoms with van der Waals surface area (Å²) in [5.74, 6) is 0.313. The van der Waals surface area contributed by atoms with Crippen molar-refractivity contribution in [1.82, 2.24) is 19.9 Å². The second kappa shape index (κ2) is 7.92. The molecule has 10 heteroatoms. The second-order valence-corrected chi connectivity index (χ2v) is 7.23. The highest BCUT2D eigenvalue weighted by Gasteiger charge is 2.34. The maximum atomic E-state index is 13.2. The van der Waals surface area contributed by atoms with Crippen molar-refractivity contribution < 1.29 is 26.3 Å². The van der Waals surface area contributed by atoms with Crippen LogP contribution < -0.4 is 0 Å². The summed E-state index contributed by atoms with van der Waals surface area (Å²) in [5, 5.41) is 0. The smallest absolute Gasteiger partial charge is 0.294 e. The second-order valence-electron chi connectivity index (χ2n) is 7.23. The highest BCUT2D eigenvalue weighted by molar-refractivity contribution is 5.56. The molecule has 0 fully saturated rings. The standard InChI is InChI=1S/C21H16F6N4/c22-20(23,24)16-3-1-13(2-4-16)19-29-10-15-12-31(8-6-18(15)30-19)11-14-9-28-7-5-17(14)21(25,26)27/h1-5,7,9-10H,6,8,11-12H2. The number of aromatic nitrogens is 3. The first kappa shape index (κ1) is 21.2.